The van der Waals surface area contributed by atoms with E-state index in [0.717, 1.165) is 38.5 Å². The van der Waals surface area contributed by atoms with E-state index in [-0.39, 0.29) is 67.1 Å². The van der Waals surface area contributed by atoms with Crippen LogP contribution in [0.4, 0.5) is 52.7 Å². The van der Waals surface area contributed by atoms with Crippen molar-refractivity contribution in [2.24, 2.45) is 0 Å². The van der Waals surface area contributed by atoms with Crippen LogP contribution in [0.25, 0.3) is 21.8 Å². The lowest BCUT2D eigenvalue weighted by Gasteiger charge is -2.25. The second-order valence-electron chi connectivity index (χ2n) is 18.1. The van der Waals surface area contributed by atoms with Crippen LogP contribution in [0, 0.1) is 0 Å². The van der Waals surface area contributed by atoms with Crippen molar-refractivity contribution in [1.29, 1.82) is 0 Å². The van der Waals surface area contributed by atoms with Crippen molar-refractivity contribution in [1.82, 2.24) is 9.97 Å². The number of methoxy groups -OCH3 is 2. The smallest absolute Gasteiger partial charge is 0.493 e. The molecule has 0 unspecified atom stereocenters. The molecule has 500 valence electrons. The maximum absolute atomic E-state index is 13.4. The Morgan fingerprint density at radius 3 is 0.924 bits per heavy atom. The Bertz CT molecular complexity index is 4060. The van der Waals surface area contributed by atoms with Gasteiger partial charge in [0.25, 0.3) is 0 Å². The number of H-pyrrole nitrogens is 2. The molecule has 20 nitrogen and oxygen atoms in total. The van der Waals surface area contributed by atoms with Crippen molar-refractivity contribution < 1.29 is 132 Å². The first kappa shape index (κ1) is 73.8. The molecule has 2 heterocycles. The molecule has 2 aromatic heterocycles. The topological polar surface area (TPSA) is 276 Å². The number of hydrogen-bond donors (Lipinski definition) is 2. The van der Waals surface area contributed by atoms with Gasteiger partial charge in [0.05, 0.1) is 27.4 Å². The van der Waals surface area contributed by atoms with Gasteiger partial charge >= 0.3 is 74.4 Å². The van der Waals surface area contributed by atoms with Gasteiger partial charge in [0.2, 0.25) is 0 Å². The molecule has 2 N–H and O–H groups in total. The molecule has 0 amide bonds. The molecule has 0 saturated heterocycles. The highest BCUT2D eigenvalue weighted by molar-refractivity contribution is 7.88. The van der Waals surface area contributed by atoms with Gasteiger partial charge in [-0.1, -0.05) is 97.1 Å². The summed E-state index contributed by atoms with van der Waals surface area (Å²) in [5, 5.41) is -0.223. The molecule has 36 heteroatoms. The number of aromatic nitrogens is 2. The van der Waals surface area contributed by atoms with Crippen LogP contribution in [0.1, 0.15) is 72.9 Å². The van der Waals surface area contributed by atoms with Crippen molar-refractivity contribution >= 4 is 74.2 Å². The Morgan fingerprint density at radius 1 is 0.391 bits per heavy atom. The van der Waals surface area contributed by atoms with E-state index in [2.05, 4.69) is 36.2 Å². The number of nitrogens with one attached hydrogen (secondary N) is 2. The van der Waals surface area contributed by atoms with E-state index in [1.807, 2.05) is 0 Å². The molecule has 0 spiro atoms. The minimum Gasteiger partial charge on any atom is -0.493 e. The Morgan fingerprint density at radius 2 is 0.674 bits per heavy atom. The number of hydrogen-bond acceptors (Lipinski definition) is 18. The number of aromatic amines is 2. The average Bonchev–Trinajstić information content (AvgIpc) is 1.16. The summed E-state index contributed by atoms with van der Waals surface area (Å²) in [6, 6.07) is 29.6. The predicted molar refractivity (Wildman–Crippen MR) is 304 cm³/mol. The third-order valence-corrected chi connectivity index (χ3v) is 15.8. The standard InChI is InChI=1S/2C24H17F6NO7S2.2C4H8O2/c2*1-36-19-9-5-8-16(22(19)38-40(34,35)24(28,29)30)20(14-6-3-2-4-7-14)17-10-11-18-15(12-13-31-18)21(17)37-39(32,33)23(25,26)27;2*1-3-6-4(2)5/h2*2-13,20,31H,1H3;2*3H2,1-2H3/t2*20-;;/m00../s1. The van der Waals surface area contributed by atoms with E-state index in [4.69, 9.17) is 9.47 Å². The maximum atomic E-state index is 13.4. The summed E-state index contributed by atoms with van der Waals surface area (Å²) in [5.41, 5.74) is -23.8. The molecular formula is C56H50F12N2O18S4. The number of para-hydroxylation sites is 2. The molecular weight excluding hydrogens is 1340 g/mol. The highest BCUT2D eigenvalue weighted by Gasteiger charge is 2.53. The van der Waals surface area contributed by atoms with Gasteiger partial charge in [-0.2, -0.15) is 86.4 Å². The molecule has 0 fully saturated rings. The molecule has 6 aromatic carbocycles. The third kappa shape index (κ3) is 17.8. The highest BCUT2D eigenvalue weighted by atomic mass is 32.2. The average molecular weight is 1400 g/mol. The van der Waals surface area contributed by atoms with Gasteiger partial charge in [-0.15, -0.1) is 0 Å². The largest absolute Gasteiger partial charge is 0.534 e. The van der Waals surface area contributed by atoms with Gasteiger partial charge in [0.1, 0.15) is 0 Å². The van der Waals surface area contributed by atoms with Crippen LogP contribution in [-0.4, -0.2) is 105 Å². The lowest BCUT2D eigenvalue weighted by atomic mass is 9.83. The Kier molecular flexibility index (Phi) is 23.7. The van der Waals surface area contributed by atoms with Crippen molar-refractivity contribution in [2.75, 3.05) is 27.4 Å². The molecule has 0 saturated carbocycles. The second-order valence-corrected chi connectivity index (χ2v) is 24.2. The Hall–Kier alpha value is -8.90. The first-order valence-corrected chi connectivity index (χ1v) is 31.3. The number of alkyl halides is 12. The summed E-state index contributed by atoms with van der Waals surface area (Å²) in [4.78, 5) is 25.0. The molecule has 0 aliphatic rings. The van der Waals surface area contributed by atoms with Gasteiger partial charge in [0, 0.05) is 82.1 Å². The van der Waals surface area contributed by atoms with Gasteiger partial charge in [-0.05, 0) is 61.4 Å². The first-order chi connectivity index (χ1) is 42.7. The normalized spacial score (nSPS) is 12.9. The molecule has 2 atom stereocenters. The highest BCUT2D eigenvalue weighted by Crippen LogP contribution is 2.50. The fourth-order valence-corrected chi connectivity index (χ4v) is 10.3. The quantitative estimate of drug-likeness (QED) is 0.0265. The van der Waals surface area contributed by atoms with Gasteiger partial charge in [-0.25, -0.2) is 0 Å². The van der Waals surface area contributed by atoms with Crippen molar-refractivity contribution in [3.63, 3.8) is 0 Å². The van der Waals surface area contributed by atoms with Crippen LogP contribution in [0.2, 0.25) is 0 Å². The zero-order valence-corrected chi connectivity index (χ0v) is 51.2. The summed E-state index contributed by atoms with van der Waals surface area (Å²) < 4.78 is 293. The fourth-order valence-electron chi connectivity index (χ4n) is 8.28. The summed E-state index contributed by atoms with van der Waals surface area (Å²) in [7, 11) is -22.9. The zero-order valence-electron chi connectivity index (χ0n) is 47.9. The summed E-state index contributed by atoms with van der Waals surface area (Å²) >= 11 is 0. The monoisotopic (exact) mass is 1390 g/mol. The van der Waals surface area contributed by atoms with Crippen molar-refractivity contribution in [2.45, 2.75) is 61.6 Å². The number of fused-ring (bicyclic) bond motifs is 2. The first-order valence-electron chi connectivity index (χ1n) is 25.6. The summed E-state index contributed by atoms with van der Waals surface area (Å²) in [6.07, 6.45) is 2.60. The maximum Gasteiger partial charge on any atom is 0.534 e. The van der Waals surface area contributed by atoms with E-state index in [1.54, 1.807) is 26.0 Å². The van der Waals surface area contributed by atoms with Crippen molar-refractivity contribution in [3.8, 4) is 34.5 Å². The Balaban J connectivity index is 0.000000283. The number of rotatable bonds is 18. The van der Waals surface area contributed by atoms with E-state index >= 15 is 0 Å². The lowest BCUT2D eigenvalue weighted by molar-refractivity contribution is -0.141. The van der Waals surface area contributed by atoms with Crippen LogP contribution in [0.15, 0.2) is 146 Å². The molecule has 0 aliphatic carbocycles. The van der Waals surface area contributed by atoms with Crippen molar-refractivity contribution in [3.05, 3.63) is 179 Å². The lowest BCUT2D eigenvalue weighted by Crippen LogP contribution is -2.29. The number of benzene rings is 6. The van der Waals surface area contributed by atoms with Gasteiger partial charge in [-0.3, -0.25) is 9.59 Å². The molecule has 92 heavy (non-hydrogen) atoms. The number of ether oxygens (including phenoxy) is 4. The summed E-state index contributed by atoms with van der Waals surface area (Å²) in [5.74, 6) is -7.62. The minimum absolute atomic E-state index is 0.112. The number of carbonyl (C=O) groups excluding carboxylic acids is 2. The number of carbonyl (C=O) groups is 2. The minimum atomic E-state index is -6.25. The van der Waals surface area contributed by atoms with E-state index in [1.165, 1.54) is 123 Å². The predicted octanol–water partition coefficient (Wildman–Crippen LogP) is 12.8. The van der Waals surface area contributed by atoms with Crippen LogP contribution in [-0.2, 0) is 59.5 Å². The SMILES string of the molecule is CCOC(C)=O.CCOC(C)=O.COc1cccc([C@H](c2ccccc2)c2ccc3[nH]ccc3c2OS(=O)(=O)C(F)(F)F)c1OS(=O)(=O)C(F)(F)F.COc1cccc([C@H](c2ccccc2)c2ccc3[nH]ccc3c2OS(=O)(=O)C(F)(F)F)c1OS(=O)(=O)C(F)(F)F. The van der Waals surface area contributed by atoms with E-state index in [9.17, 15) is 95.9 Å². The van der Waals surface area contributed by atoms with Crippen LogP contribution < -0.4 is 26.2 Å². The van der Waals surface area contributed by atoms with Crippen LogP contribution in [0.3, 0.4) is 0 Å². The van der Waals surface area contributed by atoms with E-state index in [0.29, 0.717) is 13.2 Å². The van der Waals surface area contributed by atoms with Gasteiger partial charge in [0.15, 0.2) is 34.5 Å². The zero-order chi connectivity index (χ0) is 69.0. The molecule has 8 rings (SSSR count). The van der Waals surface area contributed by atoms with E-state index < -0.39 is 109 Å². The molecule has 0 bridgehead atoms. The van der Waals surface area contributed by atoms with Crippen LogP contribution >= 0.6 is 0 Å². The Labute approximate surface area is 516 Å². The third-order valence-electron chi connectivity index (χ3n) is 12.0. The number of esters is 2. The molecule has 0 radical (unpaired) electrons. The summed E-state index contributed by atoms with van der Waals surface area (Å²) in [6.45, 7) is 7.31. The second kappa shape index (κ2) is 29.6. The fraction of sp³-hybridized carbons (Fsp3) is 0.250. The molecule has 8 aromatic rings. The van der Waals surface area contributed by atoms with Crippen LogP contribution in [0.5, 0.6) is 34.5 Å². The van der Waals surface area contributed by atoms with Gasteiger partial charge < -0.3 is 45.6 Å². The molecule has 0 aliphatic heterocycles. The number of halogens is 12.